The molecule has 0 unspecified atom stereocenters. The van der Waals surface area contributed by atoms with Crippen LogP contribution >= 0.6 is 31.9 Å². The number of nitro groups is 2. The Hall–Kier alpha value is -4.44. The molecule has 0 aliphatic heterocycles. The van der Waals surface area contributed by atoms with Crippen LogP contribution in [0.2, 0.25) is 0 Å². The molecule has 2 aromatic heterocycles. The first kappa shape index (κ1) is 41.6. The van der Waals surface area contributed by atoms with Crippen molar-refractivity contribution in [2.45, 2.75) is 48.5 Å². The molecule has 0 saturated heterocycles. The zero-order valence-electron chi connectivity index (χ0n) is 25.9. The number of carboxylic acid groups (broad SMARTS) is 1. The van der Waals surface area contributed by atoms with E-state index in [2.05, 4.69) is 31.9 Å². The molecular formula is C30H32Br2F2N2O10. The van der Waals surface area contributed by atoms with Gasteiger partial charge in [-0.3, -0.25) is 20.2 Å². The molecule has 250 valence electrons. The van der Waals surface area contributed by atoms with Crippen molar-refractivity contribution in [3.8, 4) is 22.3 Å². The van der Waals surface area contributed by atoms with Crippen LogP contribution in [0.15, 0.2) is 66.7 Å². The molecule has 0 radical (unpaired) electrons. The maximum Gasteiger partial charge on any atom is 0.374 e. The van der Waals surface area contributed by atoms with Crippen LogP contribution in [-0.2, 0) is 4.74 Å². The number of hydrogen-bond acceptors (Lipinski definition) is 9. The van der Waals surface area contributed by atoms with E-state index in [1.165, 1.54) is 42.7 Å². The summed E-state index contributed by atoms with van der Waals surface area (Å²) in [5.41, 5.74) is -1.71. The van der Waals surface area contributed by atoms with Crippen molar-refractivity contribution < 1.29 is 46.9 Å². The molecule has 4 rings (SSSR count). The van der Waals surface area contributed by atoms with E-state index in [-0.39, 0.29) is 43.6 Å². The van der Waals surface area contributed by atoms with Crippen LogP contribution in [0.1, 0.15) is 69.6 Å². The van der Waals surface area contributed by atoms with Crippen LogP contribution < -0.4 is 0 Å². The molecule has 16 heteroatoms. The van der Waals surface area contributed by atoms with Crippen LogP contribution in [0.4, 0.5) is 20.2 Å². The second kappa shape index (κ2) is 20.6. The van der Waals surface area contributed by atoms with Gasteiger partial charge >= 0.3 is 23.3 Å². The molecule has 0 spiro atoms. The van der Waals surface area contributed by atoms with Crippen molar-refractivity contribution >= 4 is 55.2 Å². The van der Waals surface area contributed by atoms with Gasteiger partial charge in [0.25, 0.3) is 0 Å². The second-order valence-corrected chi connectivity index (χ2v) is 9.09. The first-order chi connectivity index (χ1) is 21.9. The highest BCUT2D eigenvalue weighted by molar-refractivity contribution is 9.10. The Kier molecular flexibility index (Phi) is 18.6. The van der Waals surface area contributed by atoms with E-state index in [0.717, 1.165) is 6.26 Å². The van der Waals surface area contributed by atoms with E-state index in [9.17, 15) is 38.6 Å². The van der Waals surface area contributed by atoms with Gasteiger partial charge in [-0.15, -0.1) is 0 Å². The summed E-state index contributed by atoms with van der Waals surface area (Å²) in [6.45, 7) is 13.7. The number of carbonyl (C=O) groups excluding carboxylic acids is 1. The van der Waals surface area contributed by atoms with Crippen LogP contribution in [0.25, 0.3) is 22.3 Å². The molecule has 1 N–H and O–H groups in total. The smallest absolute Gasteiger partial charge is 0.374 e. The quantitative estimate of drug-likeness (QED) is 0.108. The number of esters is 1. The topological polar surface area (TPSA) is 176 Å². The Morgan fingerprint density at radius 1 is 0.739 bits per heavy atom. The van der Waals surface area contributed by atoms with Crippen LogP contribution in [0.3, 0.4) is 0 Å². The van der Waals surface area contributed by atoms with E-state index >= 15 is 0 Å². The fraction of sp³-hybridized carbons (Fsp3) is 0.267. The highest BCUT2D eigenvalue weighted by Gasteiger charge is 2.29. The largest absolute Gasteiger partial charge is 0.475 e. The maximum absolute atomic E-state index is 14.0. The third-order valence-corrected chi connectivity index (χ3v) is 6.29. The molecule has 2 aromatic carbocycles. The Morgan fingerprint density at radius 2 is 1.11 bits per heavy atom. The molecule has 2 heterocycles. The van der Waals surface area contributed by atoms with Gasteiger partial charge < -0.3 is 18.7 Å². The van der Waals surface area contributed by atoms with Gasteiger partial charge in [0.1, 0.15) is 0 Å². The first-order valence-corrected chi connectivity index (χ1v) is 15.3. The molecule has 12 nitrogen and oxygen atoms in total. The zero-order valence-corrected chi connectivity index (χ0v) is 29.0. The summed E-state index contributed by atoms with van der Waals surface area (Å²) in [5.74, 6) is -4.94. The fourth-order valence-corrected chi connectivity index (χ4v) is 4.07. The number of aromatic carboxylic acids is 1. The summed E-state index contributed by atoms with van der Waals surface area (Å²) in [6, 6.07) is 7.75. The van der Waals surface area contributed by atoms with Crippen molar-refractivity contribution in [3.63, 3.8) is 0 Å². The van der Waals surface area contributed by atoms with E-state index < -0.39 is 50.6 Å². The minimum Gasteiger partial charge on any atom is -0.475 e. The van der Waals surface area contributed by atoms with Gasteiger partial charge in [0.05, 0.1) is 49.1 Å². The minimum atomic E-state index is -1.39. The number of rotatable bonds is 7. The highest BCUT2D eigenvalue weighted by Crippen LogP contribution is 2.39. The Balaban J connectivity index is 0.000000760. The van der Waals surface area contributed by atoms with Gasteiger partial charge in [0.15, 0.2) is 0 Å². The third-order valence-electron chi connectivity index (χ3n) is 5.07. The molecule has 0 saturated carbocycles. The Bertz CT molecular complexity index is 1640. The summed E-state index contributed by atoms with van der Waals surface area (Å²) < 4.78 is 42.1. The number of halogens is 4. The molecule has 0 aliphatic rings. The van der Waals surface area contributed by atoms with Crippen molar-refractivity contribution in [3.05, 3.63) is 101 Å². The van der Waals surface area contributed by atoms with Crippen molar-refractivity contribution in [1.82, 2.24) is 0 Å². The van der Waals surface area contributed by atoms with Gasteiger partial charge in [-0.25, -0.2) is 9.59 Å². The standard InChI is InChI=1S/C13H9BrFNO5.C11H5BrFNO5.3C2H6/c1-2-20-13(17)12-8(5-6-21-12)7-3-4-9(14)10(15)11(7)16(18)19;12-7-2-1-5(9(8(7)13)14(17)18)6-3-4-19-10(6)11(15)16;3*1-2/h3-6H,2H2,1H3;1-4H,(H,15,16);3*1-2H3. The lowest BCUT2D eigenvalue weighted by molar-refractivity contribution is -0.387. The van der Waals surface area contributed by atoms with Gasteiger partial charge in [-0.1, -0.05) is 41.5 Å². The van der Waals surface area contributed by atoms with E-state index in [4.69, 9.17) is 18.7 Å². The molecule has 0 fully saturated rings. The number of nitro benzene ring substituents is 2. The summed E-state index contributed by atoms with van der Waals surface area (Å²) in [7, 11) is 0. The summed E-state index contributed by atoms with van der Waals surface area (Å²) in [4.78, 5) is 42.9. The molecule has 46 heavy (non-hydrogen) atoms. The normalized spacial score (nSPS) is 9.46. The van der Waals surface area contributed by atoms with Gasteiger partial charge in [-0.2, -0.15) is 8.78 Å². The van der Waals surface area contributed by atoms with Gasteiger partial charge in [-0.05, 0) is 75.2 Å². The predicted molar refractivity (Wildman–Crippen MR) is 174 cm³/mol. The molecule has 0 bridgehead atoms. The zero-order chi connectivity index (χ0) is 35.7. The lowest BCUT2D eigenvalue weighted by atomic mass is 10.0. The van der Waals surface area contributed by atoms with Crippen LogP contribution in [0.5, 0.6) is 0 Å². The van der Waals surface area contributed by atoms with Crippen LogP contribution in [0, 0.1) is 31.9 Å². The van der Waals surface area contributed by atoms with Crippen LogP contribution in [-0.4, -0.2) is 33.5 Å². The van der Waals surface area contributed by atoms with Gasteiger partial charge in [0.2, 0.25) is 23.2 Å². The van der Waals surface area contributed by atoms with Crippen molar-refractivity contribution in [1.29, 1.82) is 0 Å². The van der Waals surface area contributed by atoms with E-state index in [0.29, 0.717) is 0 Å². The number of benzene rings is 2. The fourth-order valence-electron chi connectivity index (χ4n) is 3.43. The summed E-state index contributed by atoms with van der Waals surface area (Å²) in [6.07, 6.45) is 2.26. The van der Waals surface area contributed by atoms with E-state index in [1.807, 2.05) is 41.5 Å². The molecule has 0 aliphatic carbocycles. The number of carbonyl (C=O) groups is 2. The lowest BCUT2D eigenvalue weighted by Crippen LogP contribution is -2.05. The average Bonchev–Trinajstić information content (AvgIpc) is 3.74. The number of ether oxygens (including phenoxy) is 1. The molecule has 0 atom stereocenters. The molecular weight excluding hydrogens is 746 g/mol. The second-order valence-electron chi connectivity index (χ2n) is 7.38. The number of nitrogens with zero attached hydrogens (tertiary/aromatic N) is 2. The monoisotopic (exact) mass is 776 g/mol. The Labute approximate surface area is 279 Å². The minimum absolute atomic E-state index is 0.0425. The highest BCUT2D eigenvalue weighted by atomic mass is 79.9. The summed E-state index contributed by atoms with van der Waals surface area (Å²) in [5, 5.41) is 30.9. The number of hydrogen-bond donors (Lipinski definition) is 1. The lowest BCUT2D eigenvalue weighted by Gasteiger charge is -2.05. The van der Waals surface area contributed by atoms with E-state index in [1.54, 1.807) is 6.92 Å². The molecule has 0 amide bonds. The average molecular weight is 778 g/mol. The number of carboxylic acids is 1. The van der Waals surface area contributed by atoms with Gasteiger partial charge in [0, 0.05) is 11.1 Å². The maximum atomic E-state index is 14.0. The Morgan fingerprint density at radius 3 is 1.46 bits per heavy atom. The summed E-state index contributed by atoms with van der Waals surface area (Å²) >= 11 is 5.73. The third kappa shape index (κ3) is 10.0. The first-order valence-electron chi connectivity index (χ1n) is 13.7. The number of furan rings is 2. The molecule has 4 aromatic rings. The predicted octanol–water partition coefficient (Wildman–Crippen LogP) is 10.5. The van der Waals surface area contributed by atoms with Crippen molar-refractivity contribution in [2.24, 2.45) is 0 Å². The van der Waals surface area contributed by atoms with Crippen molar-refractivity contribution in [2.75, 3.05) is 6.61 Å². The SMILES string of the molecule is CC.CC.CC.CCOC(=O)c1occc1-c1ccc(Br)c(F)c1[N+](=O)[O-].O=C(O)c1occc1-c1ccc(Br)c(F)c1[N+](=O)[O-].